The molecule has 256 valence electrons. The van der Waals surface area contributed by atoms with Gasteiger partial charge in [-0.2, -0.15) is 0 Å². The lowest BCUT2D eigenvalue weighted by atomic mass is 9.81. The molecule has 8 rings (SSSR count). The highest BCUT2D eigenvalue weighted by atomic mass is 79.9. The highest BCUT2D eigenvalue weighted by Gasteiger charge is 2.13. The quantitative estimate of drug-likeness (QED) is 0.133. The van der Waals surface area contributed by atoms with Crippen molar-refractivity contribution in [2.24, 2.45) is 0 Å². The zero-order chi connectivity index (χ0) is 36.6. The molecule has 0 bridgehead atoms. The van der Waals surface area contributed by atoms with Crippen molar-refractivity contribution in [3.8, 4) is 33.6 Å². The molecule has 0 spiro atoms. The lowest BCUT2D eigenvalue weighted by Gasteiger charge is -2.11. The van der Waals surface area contributed by atoms with Crippen LogP contribution in [0.25, 0.3) is 55.7 Å². The third kappa shape index (κ3) is 9.11. The van der Waals surface area contributed by atoms with Gasteiger partial charge in [-0.3, -0.25) is 9.59 Å². The Balaban J connectivity index is 0.000000146. The molecule has 4 aromatic carbocycles. The number of nitrogens with one attached hydrogen (secondary N) is 2. The summed E-state index contributed by atoms with van der Waals surface area (Å²) in [5, 5.41) is 20.3. The van der Waals surface area contributed by atoms with Crippen molar-refractivity contribution in [2.45, 2.75) is 0 Å². The number of pyridine rings is 4. The first-order valence-electron chi connectivity index (χ1n) is 15.9. The zero-order valence-electron chi connectivity index (χ0n) is 27.2. The van der Waals surface area contributed by atoms with Crippen LogP contribution in [0.5, 0.6) is 0 Å². The van der Waals surface area contributed by atoms with Gasteiger partial charge in [0.05, 0.1) is 11.4 Å². The van der Waals surface area contributed by atoms with E-state index in [1.165, 1.54) is 18.2 Å². The number of aromatic amines is 2. The Hall–Kier alpha value is -5.36. The first-order valence-corrected chi connectivity index (χ1v) is 17.4. The number of halogens is 3. The number of rotatable bonds is 4. The standard InChI is InChI=1S/C20H13ClN2O.C14H9BrN2O.C6H6BClO2/c21-16-8-4-7-14(11-16)17-12-15-9-10-18(24)22-20(15)23-19(17)13-5-2-1-3-6-13;15-11-8-10-6-7-12(18)16-14(10)17-13(11)9-4-2-1-3-5-9;8-6-3-1-2-5(4-6)7(9)10/h1-12H,(H,22,23,24);1-8H,(H,16,17,18);1-4,9-10H. The van der Waals surface area contributed by atoms with Crippen LogP contribution in [0.3, 0.4) is 0 Å². The van der Waals surface area contributed by atoms with E-state index in [2.05, 4.69) is 30.9 Å². The van der Waals surface area contributed by atoms with E-state index in [4.69, 9.17) is 38.2 Å². The normalized spacial score (nSPS) is 10.6. The van der Waals surface area contributed by atoms with Gasteiger partial charge in [-0.15, -0.1) is 0 Å². The molecule has 12 heteroatoms. The van der Waals surface area contributed by atoms with Crippen molar-refractivity contribution in [1.29, 1.82) is 0 Å². The first-order chi connectivity index (χ1) is 25.1. The van der Waals surface area contributed by atoms with Crippen LogP contribution < -0.4 is 16.6 Å². The van der Waals surface area contributed by atoms with Gasteiger partial charge < -0.3 is 20.0 Å². The van der Waals surface area contributed by atoms with Crippen molar-refractivity contribution in [1.82, 2.24) is 19.9 Å². The van der Waals surface area contributed by atoms with Crippen molar-refractivity contribution in [3.05, 3.63) is 181 Å². The number of fused-ring (bicyclic) bond motifs is 2. The van der Waals surface area contributed by atoms with Gasteiger partial charge >= 0.3 is 7.12 Å². The molecule has 0 atom stereocenters. The molecule has 0 aliphatic rings. The van der Waals surface area contributed by atoms with Gasteiger partial charge in [0.15, 0.2) is 0 Å². The number of nitrogens with zero attached hydrogens (tertiary/aromatic N) is 2. The van der Waals surface area contributed by atoms with Crippen molar-refractivity contribution in [2.75, 3.05) is 0 Å². The minimum atomic E-state index is -1.43. The largest absolute Gasteiger partial charge is 0.488 e. The van der Waals surface area contributed by atoms with E-state index in [0.717, 1.165) is 48.9 Å². The minimum Gasteiger partial charge on any atom is -0.423 e. The van der Waals surface area contributed by atoms with Crippen molar-refractivity contribution >= 4 is 73.8 Å². The molecule has 0 amide bonds. The number of aromatic nitrogens is 4. The van der Waals surface area contributed by atoms with Gasteiger partial charge in [0, 0.05) is 54.1 Å². The van der Waals surface area contributed by atoms with E-state index in [9.17, 15) is 9.59 Å². The molecule has 0 saturated heterocycles. The summed E-state index contributed by atoms with van der Waals surface area (Å²) in [7, 11) is -1.43. The monoisotopic (exact) mass is 788 g/mol. The maximum absolute atomic E-state index is 11.6. The maximum Gasteiger partial charge on any atom is 0.488 e. The molecule has 52 heavy (non-hydrogen) atoms. The van der Waals surface area contributed by atoms with Gasteiger partial charge in [0.1, 0.15) is 11.3 Å². The van der Waals surface area contributed by atoms with Gasteiger partial charge in [-0.1, -0.05) is 108 Å². The van der Waals surface area contributed by atoms with E-state index in [0.29, 0.717) is 26.8 Å². The summed E-state index contributed by atoms with van der Waals surface area (Å²) in [5.41, 5.74) is 6.88. The third-order valence-electron chi connectivity index (χ3n) is 7.75. The first kappa shape index (κ1) is 36.4. The second-order valence-electron chi connectivity index (χ2n) is 11.4. The van der Waals surface area contributed by atoms with E-state index in [1.54, 1.807) is 30.3 Å². The van der Waals surface area contributed by atoms with Crippen LogP contribution in [0.15, 0.2) is 160 Å². The van der Waals surface area contributed by atoms with Crippen molar-refractivity contribution < 1.29 is 10.0 Å². The van der Waals surface area contributed by atoms with Gasteiger partial charge in [0.25, 0.3) is 0 Å². The Morgan fingerprint density at radius 1 is 0.538 bits per heavy atom. The summed E-state index contributed by atoms with van der Waals surface area (Å²) in [4.78, 5) is 37.7. The minimum absolute atomic E-state index is 0.142. The Morgan fingerprint density at radius 2 is 1.04 bits per heavy atom. The van der Waals surface area contributed by atoms with E-state index < -0.39 is 7.12 Å². The molecular formula is C40H28BBrCl2N4O4. The van der Waals surface area contributed by atoms with Gasteiger partial charge in [0.2, 0.25) is 11.1 Å². The molecule has 0 saturated carbocycles. The average Bonchev–Trinajstić information content (AvgIpc) is 3.15. The number of hydrogen-bond acceptors (Lipinski definition) is 6. The van der Waals surface area contributed by atoms with Crippen LogP contribution in [-0.4, -0.2) is 37.1 Å². The summed E-state index contributed by atoms with van der Waals surface area (Å²) < 4.78 is 0.910. The van der Waals surface area contributed by atoms with Crippen LogP contribution in [0, 0.1) is 0 Å². The van der Waals surface area contributed by atoms with Crippen LogP contribution >= 0.6 is 39.1 Å². The maximum atomic E-state index is 11.6. The summed E-state index contributed by atoms with van der Waals surface area (Å²) in [6, 6.07) is 44.4. The Labute approximate surface area is 316 Å². The summed E-state index contributed by atoms with van der Waals surface area (Å²) in [6.07, 6.45) is 0. The molecule has 0 radical (unpaired) electrons. The molecule has 4 N–H and O–H groups in total. The zero-order valence-corrected chi connectivity index (χ0v) is 30.3. The molecular weight excluding hydrogens is 762 g/mol. The topological polar surface area (TPSA) is 132 Å². The fourth-order valence-electron chi connectivity index (χ4n) is 5.29. The second kappa shape index (κ2) is 16.8. The van der Waals surface area contributed by atoms with Crippen molar-refractivity contribution in [3.63, 3.8) is 0 Å². The predicted molar refractivity (Wildman–Crippen MR) is 215 cm³/mol. The Kier molecular flexibility index (Phi) is 11.8. The highest BCUT2D eigenvalue weighted by Crippen LogP contribution is 2.34. The van der Waals surface area contributed by atoms with Gasteiger partial charge in [-0.25, -0.2) is 9.97 Å². The molecule has 0 fully saturated rings. The van der Waals surface area contributed by atoms with Crippen LogP contribution in [0.1, 0.15) is 0 Å². The fraction of sp³-hybridized carbons (Fsp3) is 0. The van der Waals surface area contributed by atoms with E-state index >= 15 is 0 Å². The average molecular weight is 790 g/mol. The number of hydrogen-bond donors (Lipinski definition) is 4. The Morgan fingerprint density at radius 3 is 1.58 bits per heavy atom. The summed E-state index contributed by atoms with van der Waals surface area (Å²) >= 11 is 15.2. The smallest absolute Gasteiger partial charge is 0.423 e. The van der Waals surface area contributed by atoms with Gasteiger partial charge in [-0.05, 0) is 75.5 Å². The second-order valence-corrected chi connectivity index (χ2v) is 13.1. The third-order valence-corrected chi connectivity index (χ3v) is 8.82. The van der Waals surface area contributed by atoms with Crippen LogP contribution in [-0.2, 0) is 0 Å². The van der Waals surface area contributed by atoms with Crippen LogP contribution in [0.4, 0.5) is 0 Å². The molecule has 0 aliphatic carbocycles. The van der Waals surface area contributed by atoms with E-state index in [1.807, 2.05) is 97.1 Å². The van der Waals surface area contributed by atoms with Crippen LogP contribution in [0.2, 0.25) is 10.0 Å². The highest BCUT2D eigenvalue weighted by molar-refractivity contribution is 9.10. The number of H-pyrrole nitrogens is 2. The molecule has 8 aromatic rings. The molecule has 8 nitrogen and oxygen atoms in total. The van der Waals surface area contributed by atoms with E-state index in [-0.39, 0.29) is 11.1 Å². The molecule has 0 aliphatic heterocycles. The predicted octanol–water partition coefficient (Wildman–Crippen LogP) is 8.28. The fourth-order valence-corrected chi connectivity index (χ4v) is 6.24. The molecule has 0 unspecified atom stereocenters. The lowest BCUT2D eigenvalue weighted by molar-refractivity contribution is 0.426. The summed E-state index contributed by atoms with van der Waals surface area (Å²) in [6.45, 7) is 0. The molecule has 4 aromatic heterocycles. The Bertz CT molecular complexity index is 2610. The SMILES string of the molecule is O=c1ccc2cc(-c3cccc(Cl)c3)c(-c3ccccc3)nc2[nH]1.O=c1ccc2cc(Br)c(-c3ccccc3)nc2[nH]1.OB(O)c1cccc(Cl)c1. The summed E-state index contributed by atoms with van der Waals surface area (Å²) in [5.74, 6) is 0. The lowest BCUT2D eigenvalue weighted by Crippen LogP contribution is -2.29. The molecule has 4 heterocycles. The number of benzene rings is 4.